The van der Waals surface area contributed by atoms with Crippen LogP contribution in [0.25, 0.3) is 10.8 Å². The van der Waals surface area contributed by atoms with E-state index in [0.29, 0.717) is 10.7 Å². The van der Waals surface area contributed by atoms with Crippen molar-refractivity contribution in [2.24, 2.45) is 0 Å². The van der Waals surface area contributed by atoms with Gasteiger partial charge in [0.15, 0.2) is 0 Å². The van der Waals surface area contributed by atoms with E-state index in [-0.39, 0.29) is 4.90 Å². The molecule has 134 valence electrons. The van der Waals surface area contributed by atoms with Gasteiger partial charge in [-0.3, -0.25) is 4.79 Å². The molecule has 7 heteroatoms. The summed E-state index contributed by atoms with van der Waals surface area (Å²) in [6, 6.07) is 17.9. The molecule has 0 unspecified atom stereocenters. The zero-order chi connectivity index (χ0) is 18.7. The maximum atomic E-state index is 12.6. The lowest BCUT2D eigenvalue weighted by molar-refractivity contribution is -0.117. The number of carbonyl (C=O) groups is 1. The molecule has 0 fully saturated rings. The van der Waals surface area contributed by atoms with Gasteiger partial charge in [-0.05, 0) is 54.1 Å². The van der Waals surface area contributed by atoms with Gasteiger partial charge in [0.25, 0.3) is 0 Å². The standard InChI is InChI=1S/C19H17ClN2O3S/c1-13(19(23)21-17-9-7-16(20)8-10-17)22-26(24,25)18-11-6-14-4-2-3-5-15(14)12-18/h2-13,22H,1H3,(H,21,23)/t13-/m0/s1. The van der Waals surface area contributed by atoms with Crippen LogP contribution >= 0.6 is 11.6 Å². The van der Waals surface area contributed by atoms with Crippen LogP contribution in [-0.2, 0) is 14.8 Å². The Labute approximate surface area is 157 Å². The van der Waals surface area contributed by atoms with Crippen molar-refractivity contribution < 1.29 is 13.2 Å². The Morgan fingerprint density at radius 2 is 1.62 bits per heavy atom. The van der Waals surface area contributed by atoms with Gasteiger partial charge in [0.05, 0.1) is 10.9 Å². The summed E-state index contributed by atoms with van der Waals surface area (Å²) in [6.07, 6.45) is 0. The molecule has 3 aromatic carbocycles. The molecule has 0 bridgehead atoms. The molecule has 2 N–H and O–H groups in total. The Bertz CT molecular complexity index is 1050. The molecule has 1 atom stereocenters. The Kier molecular flexibility index (Phi) is 5.27. The van der Waals surface area contributed by atoms with Crippen molar-refractivity contribution in [3.63, 3.8) is 0 Å². The second-order valence-electron chi connectivity index (χ2n) is 5.85. The second-order valence-corrected chi connectivity index (χ2v) is 8.00. The number of nitrogens with one attached hydrogen (secondary N) is 2. The molecule has 0 spiro atoms. The summed E-state index contributed by atoms with van der Waals surface area (Å²) < 4.78 is 27.6. The molecule has 0 aliphatic carbocycles. The molecule has 0 aliphatic heterocycles. The number of rotatable bonds is 5. The zero-order valence-corrected chi connectivity index (χ0v) is 15.5. The van der Waals surface area contributed by atoms with Crippen molar-refractivity contribution in [3.05, 3.63) is 71.8 Å². The first-order valence-corrected chi connectivity index (χ1v) is 9.79. The van der Waals surface area contributed by atoms with Crippen LogP contribution in [0, 0.1) is 0 Å². The van der Waals surface area contributed by atoms with E-state index in [1.807, 2.05) is 24.3 Å². The van der Waals surface area contributed by atoms with Crippen LogP contribution in [0.15, 0.2) is 71.6 Å². The maximum Gasteiger partial charge on any atom is 0.242 e. The molecule has 0 aliphatic rings. The predicted octanol–water partition coefficient (Wildman–Crippen LogP) is 3.80. The molecule has 3 rings (SSSR count). The minimum atomic E-state index is -3.83. The first kappa shape index (κ1) is 18.4. The number of hydrogen-bond acceptors (Lipinski definition) is 3. The molecule has 0 saturated carbocycles. The monoisotopic (exact) mass is 388 g/mol. The van der Waals surface area contributed by atoms with Crippen molar-refractivity contribution in [2.75, 3.05) is 5.32 Å². The first-order valence-electron chi connectivity index (χ1n) is 7.93. The highest BCUT2D eigenvalue weighted by Crippen LogP contribution is 2.19. The van der Waals surface area contributed by atoms with Gasteiger partial charge in [-0.1, -0.05) is 41.9 Å². The molecule has 5 nitrogen and oxygen atoms in total. The van der Waals surface area contributed by atoms with Crippen LogP contribution in [0.4, 0.5) is 5.69 Å². The summed E-state index contributed by atoms with van der Waals surface area (Å²) in [5.74, 6) is -0.461. The van der Waals surface area contributed by atoms with E-state index in [2.05, 4.69) is 10.0 Å². The smallest absolute Gasteiger partial charge is 0.242 e. The molecular formula is C19H17ClN2O3S. The fourth-order valence-electron chi connectivity index (χ4n) is 2.47. The summed E-state index contributed by atoms with van der Waals surface area (Å²) in [6.45, 7) is 1.49. The lowest BCUT2D eigenvalue weighted by atomic mass is 10.1. The number of amides is 1. The average molecular weight is 389 g/mol. The van der Waals surface area contributed by atoms with Gasteiger partial charge in [0.2, 0.25) is 15.9 Å². The Balaban J connectivity index is 1.74. The van der Waals surface area contributed by atoms with Crippen LogP contribution in [0.3, 0.4) is 0 Å². The fourth-order valence-corrected chi connectivity index (χ4v) is 3.84. The Hall–Kier alpha value is -2.41. The van der Waals surface area contributed by atoms with E-state index >= 15 is 0 Å². The molecule has 0 heterocycles. The summed E-state index contributed by atoms with van der Waals surface area (Å²) in [7, 11) is -3.83. The van der Waals surface area contributed by atoms with Gasteiger partial charge in [-0.2, -0.15) is 4.72 Å². The lowest BCUT2D eigenvalue weighted by Gasteiger charge is -2.15. The lowest BCUT2D eigenvalue weighted by Crippen LogP contribution is -2.41. The Morgan fingerprint density at radius 3 is 2.31 bits per heavy atom. The van der Waals surface area contributed by atoms with Crippen LogP contribution in [0.1, 0.15) is 6.92 Å². The van der Waals surface area contributed by atoms with E-state index in [9.17, 15) is 13.2 Å². The predicted molar refractivity (Wildman–Crippen MR) is 104 cm³/mol. The first-order chi connectivity index (χ1) is 12.3. The second kappa shape index (κ2) is 7.45. The van der Waals surface area contributed by atoms with Crippen molar-refractivity contribution >= 4 is 44.0 Å². The Morgan fingerprint density at radius 1 is 0.962 bits per heavy atom. The quantitative estimate of drug-likeness (QED) is 0.698. The van der Waals surface area contributed by atoms with E-state index in [0.717, 1.165) is 10.8 Å². The van der Waals surface area contributed by atoms with Crippen LogP contribution in [0.2, 0.25) is 5.02 Å². The van der Waals surface area contributed by atoms with Gasteiger partial charge < -0.3 is 5.32 Å². The van der Waals surface area contributed by atoms with Crippen molar-refractivity contribution in [3.8, 4) is 0 Å². The average Bonchev–Trinajstić information content (AvgIpc) is 2.62. The number of anilines is 1. The summed E-state index contributed by atoms with van der Waals surface area (Å²) in [4.78, 5) is 12.4. The summed E-state index contributed by atoms with van der Waals surface area (Å²) in [5, 5.41) is 4.96. The van der Waals surface area contributed by atoms with Crippen LogP contribution < -0.4 is 10.0 Å². The summed E-state index contributed by atoms with van der Waals surface area (Å²) >= 11 is 5.80. The summed E-state index contributed by atoms with van der Waals surface area (Å²) in [5.41, 5.74) is 0.538. The maximum absolute atomic E-state index is 12.6. The minimum absolute atomic E-state index is 0.113. The third kappa shape index (κ3) is 4.22. The van der Waals surface area contributed by atoms with E-state index in [1.165, 1.54) is 13.0 Å². The zero-order valence-electron chi connectivity index (χ0n) is 13.9. The minimum Gasteiger partial charge on any atom is -0.325 e. The van der Waals surface area contributed by atoms with Gasteiger partial charge in [0, 0.05) is 10.7 Å². The molecule has 0 aromatic heterocycles. The highest BCUT2D eigenvalue weighted by atomic mass is 35.5. The largest absolute Gasteiger partial charge is 0.325 e. The number of benzene rings is 3. The van der Waals surface area contributed by atoms with Crippen molar-refractivity contribution in [1.29, 1.82) is 0 Å². The van der Waals surface area contributed by atoms with Gasteiger partial charge in [-0.15, -0.1) is 0 Å². The number of hydrogen-bond donors (Lipinski definition) is 2. The topological polar surface area (TPSA) is 75.3 Å². The molecule has 1 amide bonds. The number of fused-ring (bicyclic) bond motifs is 1. The van der Waals surface area contributed by atoms with Gasteiger partial charge in [-0.25, -0.2) is 8.42 Å². The molecule has 3 aromatic rings. The van der Waals surface area contributed by atoms with E-state index < -0.39 is 22.0 Å². The number of sulfonamides is 1. The van der Waals surface area contributed by atoms with Crippen LogP contribution in [0.5, 0.6) is 0 Å². The SMILES string of the molecule is C[C@H](NS(=O)(=O)c1ccc2ccccc2c1)C(=O)Nc1ccc(Cl)cc1. The molecule has 0 radical (unpaired) electrons. The van der Waals surface area contributed by atoms with Crippen molar-refractivity contribution in [2.45, 2.75) is 17.9 Å². The molecular weight excluding hydrogens is 372 g/mol. The number of carbonyl (C=O) groups excluding carboxylic acids is 1. The fraction of sp³-hybridized carbons (Fsp3) is 0.105. The normalized spacial score (nSPS) is 12.7. The van der Waals surface area contributed by atoms with E-state index in [4.69, 9.17) is 11.6 Å². The highest BCUT2D eigenvalue weighted by molar-refractivity contribution is 7.89. The van der Waals surface area contributed by atoms with E-state index in [1.54, 1.807) is 36.4 Å². The highest BCUT2D eigenvalue weighted by Gasteiger charge is 2.22. The third-order valence-electron chi connectivity index (χ3n) is 3.87. The van der Waals surface area contributed by atoms with Gasteiger partial charge >= 0.3 is 0 Å². The van der Waals surface area contributed by atoms with Crippen LogP contribution in [-0.4, -0.2) is 20.4 Å². The molecule has 26 heavy (non-hydrogen) atoms. The number of halogens is 1. The molecule has 0 saturated heterocycles. The van der Waals surface area contributed by atoms with Crippen molar-refractivity contribution in [1.82, 2.24) is 4.72 Å². The third-order valence-corrected chi connectivity index (χ3v) is 5.66. The van der Waals surface area contributed by atoms with Gasteiger partial charge in [0.1, 0.15) is 0 Å².